The van der Waals surface area contributed by atoms with E-state index in [0.717, 1.165) is 53.9 Å². The van der Waals surface area contributed by atoms with Crippen molar-refractivity contribution in [2.45, 2.75) is 52.1 Å². The highest BCUT2D eigenvalue weighted by atomic mass is 16.5. The number of carbonyl (C=O) groups excluding carboxylic acids is 1. The van der Waals surface area contributed by atoms with Gasteiger partial charge < -0.3 is 14.5 Å². The third-order valence-electron chi connectivity index (χ3n) is 5.59. The molecule has 1 fully saturated rings. The second-order valence-electron chi connectivity index (χ2n) is 8.01. The van der Waals surface area contributed by atoms with Gasteiger partial charge in [-0.2, -0.15) is 5.10 Å². The van der Waals surface area contributed by atoms with Gasteiger partial charge in [-0.15, -0.1) is 0 Å². The molecule has 7 nitrogen and oxygen atoms in total. The first kappa shape index (κ1) is 20.3. The Hall–Kier alpha value is -2.93. The summed E-state index contributed by atoms with van der Waals surface area (Å²) >= 11 is 0. The van der Waals surface area contributed by atoms with Gasteiger partial charge in [-0.1, -0.05) is 35.0 Å². The van der Waals surface area contributed by atoms with Crippen LogP contribution in [0, 0.1) is 13.8 Å². The molecule has 0 unspecified atom stereocenters. The van der Waals surface area contributed by atoms with Crippen molar-refractivity contribution >= 4 is 5.91 Å². The number of aliphatic hydroxyl groups is 1. The predicted octanol–water partition coefficient (Wildman–Crippen LogP) is 3.44. The van der Waals surface area contributed by atoms with E-state index in [2.05, 4.69) is 11.2 Å². The smallest absolute Gasteiger partial charge is 0.227 e. The quantitative estimate of drug-likeness (QED) is 0.675. The highest BCUT2D eigenvalue weighted by molar-refractivity contribution is 5.79. The van der Waals surface area contributed by atoms with E-state index in [4.69, 9.17) is 9.62 Å². The van der Waals surface area contributed by atoms with Gasteiger partial charge in [0.15, 0.2) is 5.76 Å². The van der Waals surface area contributed by atoms with Gasteiger partial charge in [-0.05, 0) is 38.7 Å². The van der Waals surface area contributed by atoms with Crippen molar-refractivity contribution < 1.29 is 14.4 Å². The molecule has 1 aliphatic rings. The summed E-state index contributed by atoms with van der Waals surface area (Å²) in [5, 5.41) is 18.1. The summed E-state index contributed by atoms with van der Waals surface area (Å²) in [4.78, 5) is 15.2. The largest absolute Gasteiger partial charge is 0.394 e. The topological polar surface area (TPSA) is 84.4 Å². The zero-order chi connectivity index (χ0) is 21.1. The molecule has 3 aromatic rings. The summed E-state index contributed by atoms with van der Waals surface area (Å²) in [5.74, 6) is 0.755. The Morgan fingerprint density at radius 2 is 2.13 bits per heavy atom. The Morgan fingerprint density at radius 1 is 1.27 bits per heavy atom. The van der Waals surface area contributed by atoms with Crippen molar-refractivity contribution in [1.29, 1.82) is 0 Å². The second kappa shape index (κ2) is 8.83. The molecule has 4 rings (SSSR count). The molecule has 7 heteroatoms. The molecular weight excluding hydrogens is 380 g/mol. The van der Waals surface area contributed by atoms with Gasteiger partial charge in [0.25, 0.3) is 0 Å². The summed E-state index contributed by atoms with van der Waals surface area (Å²) in [6.45, 7) is 5.03. The van der Waals surface area contributed by atoms with Gasteiger partial charge in [-0.25, -0.2) is 0 Å². The van der Waals surface area contributed by atoms with Crippen LogP contribution in [0.15, 0.2) is 41.1 Å². The summed E-state index contributed by atoms with van der Waals surface area (Å²) in [7, 11) is 0. The van der Waals surface area contributed by atoms with Crippen LogP contribution in [0.4, 0.5) is 0 Å². The van der Waals surface area contributed by atoms with Crippen molar-refractivity contribution in [3.8, 4) is 11.3 Å². The molecule has 1 aliphatic heterocycles. The molecule has 3 heterocycles. The van der Waals surface area contributed by atoms with Crippen molar-refractivity contribution in [2.75, 3.05) is 13.2 Å². The molecule has 1 atom stereocenters. The first-order valence-corrected chi connectivity index (χ1v) is 10.5. The highest BCUT2D eigenvalue weighted by Crippen LogP contribution is 2.36. The normalized spacial score (nSPS) is 16.8. The molecule has 0 bridgehead atoms. The van der Waals surface area contributed by atoms with E-state index < -0.39 is 0 Å². The van der Waals surface area contributed by atoms with Crippen LogP contribution in [-0.4, -0.2) is 44.0 Å². The van der Waals surface area contributed by atoms with Crippen LogP contribution in [0.5, 0.6) is 0 Å². The number of amides is 1. The number of likely N-dealkylation sites (tertiary alicyclic amines) is 1. The first-order valence-electron chi connectivity index (χ1n) is 10.5. The van der Waals surface area contributed by atoms with Crippen LogP contribution in [-0.2, 0) is 17.8 Å². The number of benzene rings is 1. The van der Waals surface area contributed by atoms with E-state index in [1.165, 1.54) is 0 Å². The number of hydrogen-bond donors (Lipinski definition) is 1. The molecule has 0 radical (unpaired) electrons. The number of aliphatic hydroxyl groups excluding tert-OH is 1. The number of nitrogens with zero attached hydrogens (tertiary/aromatic N) is 4. The standard InChI is InChI=1S/C23H28N4O3/c1-16-6-5-7-18(12-16)14-22(29)27-9-4-3-8-20(27)23-19(15-26(24-23)10-11-28)21-13-17(2)25-30-21/h5-7,12-13,15,20,28H,3-4,8-11,14H2,1-2H3/t20-/m1/s1. The van der Waals surface area contributed by atoms with Gasteiger partial charge in [-0.3, -0.25) is 9.48 Å². The lowest BCUT2D eigenvalue weighted by Gasteiger charge is -2.35. The third kappa shape index (κ3) is 4.31. The fourth-order valence-corrected chi connectivity index (χ4v) is 4.19. The van der Waals surface area contributed by atoms with Crippen molar-refractivity contribution in [3.63, 3.8) is 0 Å². The predicted molar refractivity (Wildman–Crippen MR) is 113 cm³/mol. The van der Waals surface area contributed by atoms with E-state index in [1.54, 1.807) is 4.68 Å². The average molecular weight is 409 g/mol. The molecule has 30 heavy (non-hydrogen) atoms. The van der Waals surface area contributed by atoms with Gasteiger partial charge in [0.05, 0.1) is 42.6 Å². The number of rotatable bonds is 6. The molecular formula is C23H28N4O3. The fraction of sp³-hybridized carbons (Fsp3) is 0.435. The Bertz CT molecular complexity index is 1020. The monoisotopic (exact) mass is 408 g/mol. The zero-order valence-corrected chi connectivity index (χ0v) is 17.5. The van der Waals surface area contributed by atoms with Crippen LogP contribution in [0.2, 0.25) is 0 Å². The SMILES string of the molecule is Cc1cccc(CC(=O)N2CCCC[C@@H]2c2nn(CCO)cc2-c2cc(C)no2)c1. The lowest BCUT2D eigenvalue weighted by Crippen LogP contribution is -2.39. The van der Waals surface area contributed by atoms with Gasteiger partial charge in [0, 0.05) is 18.8 Å². The molecule has 1 aromatic carbocycles. The Labute approximate surface area is 176 Å². The lowest BCUT2D eigenvalue weighted by molar-refractivity contribution is -0.134. The lowest BCUT2D eigenvalue weighted by atomic mass is 9.95. The van der Waals surface area contributed by atoms with Crippen LogP contribution in [0.1, 0.15) is 47.8 Å². The Balaban J connectivity index is 1.66. The van der Waals surface area contributed by atoms with Crippen LogP contribution in [0.3, 0.4) is 0 Å². The number of piperidine rings is 1. The van der Waals surface area contributed by atoms with Gasteiger partial charge in [0.2, 0.25) is 5.91 Å². The molecule has 1 saturated heterocycles. The second-order valence-corrected chi connectivity index (χ2v) is 8.01. The molecule has 0 aliphatic carbocycles. The summed E-state index contributed by atoms with van der Waals surface area (Å²) in [5.41, 5.74) is 4.63. The number of carbonyl (C=O) groups is 1. The maximum absolute atomic E-state index is 13.3. The molecule has 0 saturated carbocycles. The van der Waals surface area contributed by atoms with Crippen LogP contribution >= 0.6 is 0 Å². The summed E-state index contributed by atoms with van der Waals surface area (Å²) < 4.78 is 7.23. The molecule has 1 amide bonds. The van der Waals surface area contributed by atoms with E-state index in [1.807, 2.05) is 49.2 Å². The minimum absolute atomic E-state index is 0.00331. The highest BCUT2D eigenvalue weighted by Gasteiger charge is 2.32. The number of aromatic nitrogens is 3. The summed E-state index contributed by atoms with van der Waals surface area (Å²) in [6.07, 6.45) is 5.15. The van der Waals surface area contributed by atoms with Gasteiger partial charge in [0.1, 0.15) is 0 Å². The maximum atomic E-state index is 13.3. The molecule has 0 spiro atoms. The van der Waals surface area contributed by atoms with Crippen LogP contribution < -0.4 is 0 Å². The molecule has 2 aromatic heterocycles. The molecule has 158 valence electrons. The minimum atomic E-state index is -0.114. The van der Waals surface area contributed by atoms with Crippen LogP contribution in [0.25, 0.3) is 11.3 Å². The Kier molecular flexibility index (Phi) is 5.99. The zero-order valence-electron chi connectivity index (χ0n) is 17.5. The van der Waals surface area contributed by atoms with Gasteiger partial charge >= 0.3 is 0 Å². The maximum Gasteiger partial charge on any atom is 0.227 e. The first-order chi connectivity index (χ1) is 14.5. The van der Waals surface area contributed by atoms with E-state index in [-0.39, 0.29) is 18.6 Å². The van der Waals surface area contributed by atoms with Crippen molar-refractivity contribution in [1.82, 2.24) is 19.8 Å². The molecule has 1 N–H and O–H groups in total. The number of hydrogen-bond acceptors (Lipinski definition) is 5. The van der Waals surface area contributed by atoms with Crippen molar-refractivity contribution in [2.24, 2.45) is 0 Å². The summed E-state index contributed by atoms with van der Waals surface area (Å²) in [6, 6.07) is 9.87. The Morgan fingerprint density at radius 3 is 2.87 bits per heavy atom. The van der Waals surface area contributed by atoms with E-state index in [9.17, 15) is 9.90 Å². The average Bonchev–Trinajstić information content (AvgIpc) is 3.34. The third-order valence-corrected chi connectivity index (χ3v) is 5.59. The van der Waals surface area contributed by atoms with E-state index in [0.29, 0.717) is 18.7 Å². The fourth-order valence-electron chi connectivity index (χ4n) is 4.19. The van der Waals surface area contributed by atoms with E-state index >= 15 is 0 Å². The minimum Gasteiger partial charge on any atom is -0.394 e. The number of aryl methyl sites for hydroxylation is 2. The van der Waals surface area contributed by atoms with Crippen molar-refractivity contribution in [3.05, 3.63) is 59.0 Å².